The maximum absolute atomic E-state index is 11.8. The summed E-state index contributed by atoms with van der Waals surface area (Å²) in [5.41, 5.74) is -1.01. The van der Waals surface area contributed by atoms with E-state index in [1.54, 1.807) is 0 Å². The molecule has 0 heterocycles. The van der Waals surface area contributed by atoms with Gasteiger partial charge in [0.05, 0.1) is 20.9 Å². The van der Waals surface area contributed by atoms with Gasteiger partial charge in [0, 0.05) is 18.2 Å². The van der Waals surface area contributed by atoms with Crippen LogP contribution in [0.4, 0.5) is 17.1 Å². The number of nitro benzene ring substituents is 1. The zero-order chi connectivity index (χ0) is 23.1. The van der Waals surface area contributed by atoms with Crippen molar-refractivity contribution in [2.75, 3.05) is 0 Å². The fraction of sp³-hybridized carbons (Fsp3) is 0. The topological polar surface area (TPSA) is 217 Å². The van der Waals surface area contributed by atoms with Gasteiger partial charge in [0.15, 0.2) is 5.75 Å². The van der Waals surface area contributed by atoms with Crippen molar-refractivity contribution >= 4 is 107 Å². The molecule has 33 heavy (non-hydrogen) atoms. The third kappa shape index (κ3) is 6.48. The van der Waals surface area contributed by atoms with Crippen molar-refractivity contribution in [3.05, 3.63) is 52.6 Å². The van der Waals surface area contributed by atoms with E-state index in [0.717, 1.165) is 18.2 Å². The zero-order valence-corrected chi connectivity index (χ0v) is 16.6. The second-order valence-electron chi connectivity index (χ2n) is 6.04. The van der Waals surface area contributed by atoms with E-state index >= 15 is 0 Å². The molecule has 4 N–H and O–H groups in total. The molecule has 0 saturated carbocycles. The van der Waals surface area contributed by atoms with Crippen molar-refractivity contribution in [3.8, 4) is 11.5 Å². The molecule has 0 aliphatic heterocycles. The van der Waals surface area contributed by atoms with Gasteiger partial charge in [-0.05, 0) is 29.7 Å². The molecule has 0 bridgehead atoms. The van der Waals surface area contributed by atoms with Crippen LogP contribution >= 0.6 is 0 Å². The zero-order valence-electron chi connectivity index (χ0n) is 14.9. The summed E-state index contributed by atoms with van der Waals surface area (Å²) in [4.78, 5) is 8.25. The number of rotatable bonds is 5. The van der Waals surface area contributed by atoms with E-state index in [9.17, 15) is 41.7 Å². The quantitative estimate of drug-likeness (QED) is 0.126. The van der Waals surface area contributed by atoms with Crippen LogP contribution in [-0.2, 0) is 20.2 Å². The van der Waals surface area contributed by atoms with Gasteiger partial charge < -0.3 is 10.2 Å². The summed E-state index contributed by atoms with van der Waals surface area (Å²) in [5, 5.41) is 37.7. The number of hydrogen-bond donors (Lipinski definition) is 4. The third-order valence-electron chi connectivity index (χ3n) is 4.00. The van der Waals surface area contributed by atoms with E-state index < -0.39 is 57.5 Å². The molecule has 3 aromatic carbocycles. The van der Waals surface area contributed by atoms with E-state index in [0.29, 0.717) is 12.1 Å². The standard InChI is InChI=1S/C16H11N3O10S2.2Na.2H/c20-12-7-11(30(24,25)26)5-8-6-13(31(27,28)29)15(16(21)14(8)12)18-17-9-1-3-10(4-2-9)19(22)23;;;;/h1-7,20-21H,(H,24,25,26)(H,27,28,29);;;;/b18-17+;;;;. The van der Waals surface area contributed by atoms with Crippen LogP contribution in [-0.4, -0.2) is 100 Å². The number of fused-ring (bicyclic) bond motifs is 1. The van der Waals surface area contributed by atoms with E-state index in [1.807, 2.05) is 0 Å². The molecule has 0 aliphatic rings. The van der Waals surface area contributed by atoms with Crippen molar-refractivity contribution < 1.29 is 41.1 Å². The number of benzene rings is 3. The molecule has 0 saturated heterocycles. The van der Waals surface area contributed by atoms with E-state index in [4.69, 9.17) is 4.55 Å². The second-order valence-corrected chi connectivity index (χ2v) is 8.85. The summed E-state index contributed by atoms with van der Waals surface area (Å²) >= 11 is 0. The van der Waals surface area contributed by atoms with Gasteiger partial charge in [-0.25, -0.2) is 0 Å². The van der Waals surface area contributed by atoms with Crippen LogP contribution < -0.4 is 0 Å². The molecule has 166 valence electrons. The van der Waals surface area contributed by atoms with Gasteiger partial charge in [-0.3, -0.25) is 19.2 Å². The molecule has 0 fully saturated rings. The first kappa shape index (κ1) is 29.4. The summed E-state index contributed by atoms with van der Waals surface area (Å²) < 4.78 is 64.9. The van der Waals surface area contributed by atoms with Gasteiger partial charge in [0.2, 0.25) is 0 Å². The van der Waals surface area contributed by atoms with Crippen molar-refractivity contribution in [2.45, 2.75) is 9.79 Å². The Morgan fingerprint density at radius 1 is 0.848 bits per heavy atom. The maximum atomic E-state index is 11.8. The van der Waals surface area contributed by atoms with E-state index in [2.05, 4.69) is 10.2 Å². The summed E-state index contributed by atoms with van der Waals surface area (Å²) in [5.74, 6) is -1.80. The third-order valence-corrected chi connectivity index (χ3v) is 5.70. The first-order valence-corrected chi connectivity index (χ1v) is 10.8. The SMILES string of the molecule is O=[N+]([O-])c1ccc(/N=N/c2c(S(=O)(=O)O)cc3cc(S(=O)(=O)O)cc(O)c3c2O)cc1.[NaH].[NaH]. The predicted molar refractivity (Wildman–Crippen MR) is 118 cm³/mol. The Morgan fingerprint density at radius 3 is 1.91 bits per heavy atom. The number of non-ortho nitro benzene ring substituents is 1. The average Bonchev–Trinajstić information content (AvgIpc) is 2.65. The minimum absolute atomic E-state index is 0. The monoisotopic (exact) mass is 517 g/mol. The Balaban J connectivity index is 0.00000272. The van der Waals surface area contributed by atoms with E-state index in [-0.39, 0.29) is 75.9 Å². The van der Waals surface area contributed by atoms with Crippen LogP contribution in [0.25, 0.3) is 10.8 Å². The summed E-state index contributed by atoms with van der Waals surface area (Å²) in [6.45, 7) is 0. The molecule has 0 amide bonds. The molecule has 0 radical (unpaired) electrons. The normalized spacial score (nSPS) is 11.7. The van der Waals surface area contributed by atoms with Gasteiger partial charge in [0.1, 0.15) is 16.3 Å². The van der Waals surface area contributed by atoms with Crippen LogP contribution in [0, 0.1) is 10.1 Å². The molecule has 0 aromatic heterocycles. The Labute approximate surface area is 230 Å². The number of hydrogen-bond acceptors (Lipinski definition) is 10. The Morgan fingerprint density at radius 2 is 1.42 bits per heavy atom. The van der Waals surface area contributed by atoms with Crippen LogP contribution in [0.2, 0.25) is 0 Å². The molecule has 0 aliphatic carbocycles. The number of phenols is 2. The van der Waals surface area contributed by atoms with Gasteiger partial charge in [-0.1, -0.05) is 0 Å². The Hall–Kier alpha value is -1.66. The molecule has 3 rings (SSSR count). The Bertz CT molecular complexity index is 1470. The summed E-state index contributed by atoms with van der Waals surface area (Å²) in [7, 11) is -9.82. The number of nitro groups is 1. The van der Waals surface area contributed by atoms with Gasteiger partial charge in [-0.15, -0.1) is 5.11 Å². The average molecular weight is 517 g/mol. The second kappa shape index (κ2) is 10.7. The predicted octanol–water partition coefficient (Wildman–Crippen LogP) is 1.77. The molecule has 0 atom stereocenters. The van der Waals surface area contributed by atoms with Gasteiger partial charge in [-0.2, -0.15) is 21.9 Å². The van der Waals surface area contributed by atoms with Crippen LogP contribution in [0.3, 0.4) is 0 Å². The minimum atomic E-state index is -5.03. The first-order valence-electron chi connectivity index (χ1n) is 7.93. The summed E-state index contributed by atoms with van der Waals surface area (Å²) in [6, 6.07) is 6.65. The number of nitrogens with zero attached hydrogens (tertiary/aromatic N) is 3. The molecular formula is C16H13N3Na2O10S2. The van der Waals surface area contributed by atoms with Crippen LogP contribution in [0.15, 0.2) is 62.5 Å². The van der Waals surface area contributed by atoms with Crippen molar-refractivity contribution in [1.82, 2.24) is 0 Å². The van der Waals surface area contributed by atoms with Crippen LogP contribution in [0.1, 0.15) is 0 Å². The number of phenolic OH excluding ortho intramolecular Hbond substituents is 2. The van der Waals surface area contributed by atoms with Crippen molar-refractivity contribution in [1.29, 1.82) is 0 Å². The molecule has 13 nitrogen and oxygen atoms in total. The molecular weight excluding hydrogens is 504 g/mol. The molecule has 0 unspecified atom stereocenters. The van der Waals surface area contributed by atoms with Gasteiger partial charge in [0.25, 0.3) is 25.9 Å². The molecule has 3 aromatic rings. The Kier molecular flexibility index (Phi) is 9.55. The number of aromatic hydroxyl groups is 2. The fourth-order valence-electron chi connectivity index (χ4n) is 2.63. The first-order chi connectivity index (χ1) is 14.3. The van der Waals surface area contributed by atoms with Crippen molar-refractivity contribution in [2.24, 2.45) is 10.2 Å². The van der Waals surface area contributed by atoms with Gasteiger partial charge >= 0.3 is 59.1 Å². The molecule has 17 heteroatoms. The molecule has 0 spiro atoms. The van der Waals surface area contributed by atoms with E-state index in [1.165, 1.54) is 12.1 Å². The fourth-order valence-corrected chi connectivity index (χ4v) is 3.82. The van der Waals surface area contributed by atoms with Crippen molar-refractivity contribution in [3.63, 3.8) is 0 Å². The van der Waals surface area contributed by atoms with Crippen LogP contribution in [0.5, 0.6) is 11.5 Å². The summed E-state index contributed by atoms with van der Waals surface area (Å²) in [6.07, 6.45) is 0. The number of azo groups is 1.